The van der Waals surface area contributed by atoms with Crippen LogP contribution in [0.25, 0.3) is 0 Å². The molecule has 4 heteroatoms. The summed E-state index contributed by atoms with van der Waals surface area (Å²) >= 11 is 0. The zero-order valence-electron chi connectivity index (χ0n) is 16.7. The summed E-state index contributed by atoms with van der Waals surface area (Å²) in [5, 5.41) is 0. The number of ether oxygens (including phenoxy) is 1. The van der Waals surface area contributed by atoms with Crippen molar-refractivity contribution in [2.24, 2.45) is 5.92 Å². The number of rotatable bonds is 7. The molecule has 0 spiro atoms. The zero-order chi connectivity index (χ0) is 20.1. The van der Waals surface area contributed by atoms with Crippen LogP contribution in [-0.2, 0) is 6.61 Å². The van der Waals surface area contributed by atoms with E-state index in [-0.39, 0.29) is 17.9 Å². The highest BCUT2D eigenvalue weighted by Gasteiger charge is 2.23. The topological polar surface area (TPSA) is 9.23 Å². The van der Waals surface area contributed by atoms with E-state index in [9.17, 15) is 13.2 Å². The van der Waals surface area contributed by atoms with E-state index >= 15 is 0 Å². The first-order chi connectivity index (χ1) is 13.5. The van der Waals surface area contributed by atoms with E-state index in [1.54, 1.807) is 0 Å². The number of hydrogen-bond acceptors (Lipinski definition) is 1. The second kappa shape index (κ2) is 9.49. The van der Waals surface area contributed by atoms with Gasteiger partial charge in [-0.3, -0.25) is 0 Å². The lowest BCUT2D eigenvalue weighted by atomic mass is 9.77. The number of halogens is 3. The predicted molar refractivity (Wildman–Crippen MR) is 106 cm³/mol. The van der Waals surface area contributed by atoms with Gasteiger partial charge in [0.25, 0.3) is 6.43 Å². The van der Waals surface area contributed by atoms with Crippen LogP contribution in [-0.4, -0.2) is 0 Å². The monoisotopic (exact) mass is 390 g/mol. The smallest absolute Gasteiger partial charge is 0.270 e. The van der Waals surface area contributed by atoms with Crippen LogP contribution in [0.4, 0.5) is 13.2 Å². The average molecular weight is 390 g/mol. The van der Waals surface area contributed by atoms with Crippen LogP contribution in [0.1, 0.15) is 80.0 Å². The van der Waals surface area contributed by atoms with Gasteiger partial charge in [0.15, 0.2) is 0 Å². The van der Waals surface area contributed by atoms with E-state index in [0.29, 0.717) is 5.92 Å². The van der Waals surface area contributed by atoms with Crippen molar-refractivity contribution in [2.75, 3.05) is 0 Å². The van der Waals surface area contributed by atoms with Crippen molar-refractivity contribution < 1.29 is 17.9 Å². The van der Waals surface area contributed by atoms with E-state index in [2.05, 4.69) is 19.1 Å². The molecule has 0 radical (unpaired) electrons. The highest BCUT2D eigenvalue weighted by Crippen LogP contribution is 2.38. The van der Waals surface area contributed by atoms with Gasteiger partial charge in [0, 0.05) is 0 Å². The van der Waals surface area contributed by atoms with E-state index in [1.165, 1.54) is 63.1 Å². The molecule has 0 N–H and O–H groups in total. The Hall–Kier alpha value is -1.97. The van der Waals surface area contributed by atoms with Crippen molar-refractivity contribution >= 4 is 0 Å². The first-order valence-electron chi connectivity index (χ1n) is 10.3. The third-order valence-electron chi connectivity index (χ3n) is 5.94. The lowest BCUT2D eigenvalue weighted by Gasteiger charge is -2.28. The third-order valence-corrected chi connectivity index (χ3v) is 5.94. The molecule has 2 aromatic carbocycles. The van der Waals surface area contributed by atoms with E-state index in [4.69, 9.17) is 4.74 Å². The van der Waals surface area contributed by atoms with Gasteiger partial charge in [-0.2, -0.15) is 0 Å². The fourth-order valence-corrected chi connectivity index (χ4v) is 4.25. The second-order valence-corrected chi connectivity index (χ2v) is 7.95. The van der Waals surface area contributed by atoms with Crippen molar-refractivity contribution in [1.29, 1.82) is 0 Å². The molecule has 0 amide bonds. The Kier molecular flexibility index (Phi) is 7.03. The number of aryl methyl sites for hydroxylation is 1. The van der Waals surface area contributed by atoms with Gasteiger partial charge in [0.1, 0.15) is 18.2 Å². The zero-order valence-corrected chi connectivity index (χ0v) is 16.7. The number of alkyl halides is 2. The molecule has 0 heterocycles. The Morgan fingerprint density at radius 3 is 2.29 bits per heavy atom. The first kappa shape index (κ1) is 20.8. The molecule has 1 fully saturated rings. The Balaban J connectivity index is 1.61. The van der Waals surface area contributed by atoms with Crippen LogP contribution in [0.3, 0.4) is 0 Å². The average Bonchev–Trinajstić information content (AvgIpc) is 2.70. The largest absolute Gasteiger partial charge is 0.488 e. The molecule has 0 bridgehead atoms. The molecule has 1 nitrogen and oxygen atoms in total. The third kappa shape index (κ3) is 4.89. The minimum Gasteiger partial charge on any atom is -0.488 e. The van der Waals surface area contributed by atoms with Crippen LogP contribution >= 0.6 is 0 Å². The lowest BCUT2D eigenvalue weighted by molar-refractivity contribution is 0.139. The molecular weight excluding hydrogens is 361 g/mol. The Morgan fingerprint density at radius 1 is 1.00 bits per heavy atom. The Bertz CT molecular complexity index is 762. The molecule has 0 aliphatic heterocycles. The molecule has 28 heavy (non-hydrogen) atoms. The maximum Gasteiger partial charge on any atom is 0.270 e. The van der Waals surface area contributed by atoms with Gasteiger partial charge >= 0.3 is 0 Å². The van der Waals surface area contributed by atoms with Crippen LogP contribution in [0.5, 0.6) is 5.75 Å². The van der Waals surface area contributed by atoms with E-state index in [0.717, 1.165) is 11.5 Å². The SMILES string of the molecule is CCCC1CCC(c2ccc(COc3ccc(C)c(F)c3C(F)F)cc2)CC1. The second-order valence-electron chi connectivity index (χ2n) is 7.95. The van der Waals surface area contributed by atoms with Crippen molar-refractivity contribution in [1.82, 2.24) is 0 Å². The van der Waals surface area contributed by atoms with Crippen LogP contribution in [0.15, 0.2) is 36.4 Å². The molecule has 3 rings (SSSR count). The summed E-state index contributed by atoms with van der Waals surface area (Å²) in [6.07, 6.45) is 4.78. The molecule has 0 unspecified atom stereocenters. The van der Waals surface area contributed by atoms with Crippen molar-refractivity contribution in [3.05, 3.63) is 64.5 Å². The highest BCUT2D eigenvalue weighted by atomic mass is 19.3. The molecule has 1 aliphatic carbocycles. The molecule has 0 aromatic heterocycles. The van der Waals surface area contributed by atoms with Gasteiger partial charge in [-0.15, -0.1) is 0 Å². The Morgan fingerprint density at radius 2 is 1.68 bits per heavy atom. The fraction of sp³-hybridized carbons (Fsp3) is 0.500. The van der Waals surface area contributed by atoms with Gasteiger partial charge in [0.05, 0.1) is 5.56 Å². The normalized spacial score (nSPS) is 19.8. The van der Waals surface area contributed by atoms with Crippen LogP contribution in [0, 0.1) is 18.7 Å². The summed E-state index contributed by atoms with van der Waals surface area (Å²) < 4.78 is 46.0. The molecule has 2 aromatic rings. The Labute approximate surface area is 165 Å². The van der Waals surface area contributed by atoms with Gasteiger partial charge in [-0.1, -0.05) is 50.1 Å². The van der Waals surface area contributed by atoms with E-state index < -0.39 is 17.8 Å². The first-order valence-corrected chi connectivity index (χ1v) is 10.3. The molecule has 152 valence electrons. The fourth-order valence-electron chi connectivity index (χ4n) is 4.25. The quantitative estimate of drug-likeness (QED) is 0.470. The molecule has 1 aliphatic rings. The number of benzene rings is 2. The number of hydrogen-bond donors (Lipinski definition) is 0. The van der Waals surface area contributed by atoms with Crippen molar-refractivity contribution in [3.63, 3.8) is 0 Å². The summed E-state index contributed by atoms with van der Waals surface area (Å²) in [5.41, 5.74) is 1.78. The molecular formula is C24H29F3O. The highest BCUT2D eigenvalue weighted by molar-refractivity contribution is 5.39. The van der Waals surface area contributed by atoms with Gasteiger partial charge in [0.2, 0.25) is 0 Å². The molecule has 0 saturated heterocycles. The van der Waals surface area contributed by atoms with Gasteiger partial charge < -0.3 is 4.74 Å². The summed E-state index contributed by atoms with van der Waals surface area (Å²) in [7, 11) is 0. The molecule has 0 atom stereocenters. The molecule has 1 saturated carbocycles. The van der Waals surface area contributed by atoms with Crippen LogP contribution in [0.2, 0.25) is 0 Å². The minimum atomic E-state index is -2.90. The summed E-state index contributed by atoms with van der Waals surface area (Å²) in [5.74, 6) is 0.519. The maximum absolute atomic E-state index is 14.0. The lowest BCUT2D eigenvalue weighted by Crippen LogP contribution is -2.13. The minimum absolute atomic E-state index is 0.0866. The van der Waals surface area contributed by atoms with Crippen molar-refractivity contribution in [2.45, 2.75) is 71.3 Å². The summed E-state index contributed by atoms with van der Waals surface area (Å²) in [4.78, 5) is 0. The van der Waals surface area contributed by atoms with Crippen LogP contribution < -0.4 is 4.74 Å². The summed E-state index contributed by atoms with van der Waals surface area (Å²) in [6.45, 7) is 3.87. The predicted octanol–water partition coefficient (Wildman–Crippen LogP) is 7.72. The summed E-state index contributed by atoms with van der Waals surface area (Å²) in [6, 6.07) is 11.1. The van der Waals surface area contributed by atoms with Gasteiger partial charge in [-0.05, 0) is 67.2 Å². The standard InChI is InChI=1S/C24H29F3O/c1-3-4-17-6-10-19(11-7-17)20-12-8-18(9-13-20)15-28-21-14-5-16(2)23(25)22(21)24(26)27/h5,8-9,12-14,17,19,24H,3-4,6-7,10-11,15H2,1-2H3. The van der Waals surface area contributed by atoms with Crippen molar-refractivity contribution in [3.8, 4) is 5.75 Å². The van der Waals surface area contributed by atoms with E-state index in [1.807, 2.05) is 12.1 Å². The maximum atomic E-state index is 14.0. The van der Waals surface area contributed by atoms with Gasteiger partial charge in [-0.25, -0.2) is 13.2 Å².